The molecule has 434 valence electrons. The van der Waals surface area contributed by atoms with Crippen molar-refractivity contribution in [2.45, 2.75) is 270 Å². The van der Waals surface area contributed by atoms with Crippen LogP contribution < -0.4 is 34.7 Å². The first-order valence-corrected chi connectivity index (χ1v) is 30.3. The molecule has 4 saturated heterocycles. The molecule has 23 unspecified atom stereocenters. The maximum Gasteiger partial charge on any atom is 1.00 e. The normalized spacial score (nSPS) is 42.8. The average molecular weight is 1100 g/mol. The fourth-order valence-corrected chi connectivity index (χ4v) is 16.4. The molecular formula is C63H97NaO14. The number of fused-ring (bicyclic) bond motifs is 5. The van der Waals surface area contributed by atoms with Crippen molar-refractivity contribution in [3.8, 4) is 5.75 Å². The van der Waals surface area contributed by atoms with E-state index >= 15 is 0 Å². The first-order chi connectivity index (χ1) is 36.3. The second kappa shape index (κ2) is 25.1. The summed E-state index contributed by atoms with van der Waals surface area (Å²) < 4.78 is 39.2. The van der Waals surface area contributed by atoms with Gasteiger partial charge in [0.1, 0.15) is 23.7 Å². The Morgan fingerprint density at radius 3 is 2.22 bits per heavy atom. The molecule has 23 atom stereocenters. The third-order valence-electron chi connectivity index (χ3n) is 21.6. The molecule has 6 fully saturated rings. The topological polar surface area (TPSA) is 211 Å². The summed E-state index contributed by atoms with van der Waals surface area (Å²) in [6.07, 6.45) is 12.6. The van der Waals surface area contributed by atoms with E-state index in [-0.39, 0.29) is 82.8 Å². The number of carbonyl (C=O) groups excluding carboxylic acids is 3. The van der Waals surface area contributed by atoms with Crippen molar-refractivity contribution in [2.24, 2.45) is 58.7 Å². The van der Waals surface area contributed by atoms with Crippen LogP contribution in [0.2, 0.25) is 0 Å². The molecule has 0 aromatic heterocycles. The Labute approximate surface area is 488 Å². The number of aliphatic hydroxyl groups excluding tert-OH is 2. The van der Waals surface area contributed by atoms with E-state index in [2.05, 4.69) is 33.8 Å². The Kier molecular flexibility index (Phi) is 20.5. The number of phenolic OH excluding ortho intramolecular Hbond substituents is 1. The number of ether oxygens (including phenoxy) is 6. The van der Waals surface area contributed by atoms with Gasteiger partial charge in [0.05, 0.1) is 47.8 Å². The van der Waals surface area contributed by atoms with Gasteiger partial charge in [-0.2, -0.15) is 0 Å². The van der Waals surface area contributed by atoms with Gasteiger partial charge in [-0.25, -0.2) is 0 Å². The zero-order valence-corrected chi connectivity index (χ0v) is 51.7. The Bertz CT molecular complexity index is 2280. The van der Waals surface area contributed by atoms with Crippen molar-refractivity contribution in [1.29, 1.82) is 0 Å². The predicted molar refractivity (Wildman–Crippen MR) is 289 cm³/mol. The van der Waals surface area contributed by atoms with Crippen LogP contribution in [0.5, 0.6) is 5.75 Å². The van der Waals surface area contributed by atoms with E-state index in [0.717, 1.165) is 25.7 Å². The van der Waals surface area contributed by atoms with Crippen LogP contribution in [0.4, 0.5) is 0 Å². The van der Waals surface area contributed by atoms with Crippen molar-refractivity contribution in [3.05, 3.63) is 41.5 Å². The van der Waals surface area contributed by atoms with Crippen LogP contribution in [0.15, 0.2) is 30.4 Å². The number of aliphatic carboxylic acids is 1. The number of aryl methyl sites for hydroxylation is 1. The van der Waals surface area contributed by atoms with E-state index in [4.69, 9.17) is 28.4 Å². The molecule has 2 saturated carbocycles. The van der Waals surface area contributed by atoms with Crippen molar-refractivity contribution < 1.29 is 97.9 Å². The summed E-state index contributed by atoms with van der Waals surface area (Å²) in [5.74, 6) is -3.91. The van der Waals surface area contributed by atoms with E-state index in [0.29, 0.717) is 87.7 Å². The van der Waals surface area contributed by atoms with Crippen LogP contribution in [-0.4, -0.2) is 110 Å². The Morgan fingerprint density at radius 2 is 1.56 bits per heavy atom. The molecule has 8 aliphatic rings. The quantitative estimate of drug-likeness (QED) is 0.0900. The summed E-state index contributed by atoms with van der Waals surface area (Å²) in [4.78, 5) is 38.1. The second-order valence-electron chi connectivity index (χ2n) is 26.1. The molecule has 0 amide bonds. The van der Waals surface area contributed by atoms with Crippen LogP contribution in [0.1, 0.15) is 203 Å². The van der Waals surface area contributed by atoms with Crippen LogP contribution in [0, 0.1) is 58.7 Å². The van der Waals surface area contributed by atoms with Crippen molar-refractivity contribution in [3.63, 3.8) is 0 Å². The number of aliphatic hydroxyl groups is 3. The minimum absolute atomic E-state index is 0. The summed E-state index contributed by atoms with van der Waals surface area (Å²) >= 11 is 0. The number of Topliss-reactive ketones (excluding diaryl/α,β-unsaturated/α-hetero) is 1. The minimum atomic E-state index is -1.37. The molecule has 0 radical (unpaired) electrons. The van der Waals surface area contributed by atoms with Crippen molar-refractivity contribution in [1.82, 2.24) is 0 Å². The van der Waals surface area contributed by atoms with Crippen LogP contribution in [0.25, 0.3) is 0 Å². The smallest absolute Gasteiger partial charge is 0.550 e. The van der Waals surface area contributed by atoms with E-state index in [9.17, 15) is 39.9 Å². The third kappa shape index (κ3) is 12.1. The van der Waals surface area contributed by atoms with E-state index in [1.54, 1.807) is 19.1 Å². The van der Waals surface area contributed by atoms with Crippen molar-refractivity contribution >= 4 is 17.7 Å². The van der Waals surface area contributed by atoms with Gasteiger partial charge in [-0.3, -0.25) is 9.59 Å². The number of benzene rings is 1. The fourth-order valence-electron chi connectivity index (χ4n) is 16.4. The molecule has 9 rings (SSSR count). The van der Waals surface area contributed by atoms with Gasteiger partial charge < -0.3 is 58.7 Å². The number of phenols is 1. The molecule has 4 N–H and O–H groups in total. The number of carboxylic acid groups (broad SMARTS) is 1. The van der Waals surface area contributed by atoms with Gasteiger partial charge in [-0.05, 0) is 175 Å². The van der Waals surface area contributed by atoms with E-state index in [1.165, 1.54) is 30.4 Å². The fraction of sp³-hybridized carbons (Fsp3) is 0.825. The number of esters is 1. The molecule has 1 aromatic carbocycles. The molecular weight excluding hydrogens is 1000 g/mol. The van der Waals surface area contributed by atoms with Crippen LogP contribution in [0.3, 0.4) is 0 Å². The zero-order chi connectivity index (χ0) is 56.2. The summed E-state index contributed by atoms with van der Waals surface area (Å²) in [7, 11) is 0. The summed E-state index contributed by atoms with van der Waals surface area (Å²) in [6.45, 7) is 23.7. The molecule has 5 heterocycles. The molecule has 1 aromatic rings. The molecule has 2 spiro atoms. The maximum absolute atomic E-state index is 14.4. The molecule has 5 aliphatic heterocycles. The maximum atomic E-state index is 14.4. The molecule has 15 heteroatoms. The summed E-state index contributed by atoms with van der Waals surface area (Å²) in [5, 5.41) is 55.8. The van der Waals surface area contributed by atoms with Gasteiger partial charge in [-0.1, -0.05) is 75.3 Å². The number of hydrogen-bond donors (Lipinski definition) is 4. The molecule has 0 bridgehead atoms. The van der Waals surface area contributed by atoms with Gasteiger partial charge >= 0.3 is 35.5 Å². The first kappa shape index (κ1) is 63.6. The molecule has 3 aliphatic carbocycles. The second-order valence-corrected chi connectivity index (χ2v) is 26.1. The van der Waals surface area contributed by atoms with E-state index < -0.39 is 82.9 Å². The Morgan fingerprint density at radius 1 is 0.846 bits per heavy atom. The molecule has 14 nitrogen and oxygen atoms in total. The number of hydrogen-bond acceptors (Lipinski definition) is 14. The van der Waals surface area contributed by atoms with Gasteiger partial charge in [-0.15, -0.1) is 0 Å². The van der Waals surface area contributed by atoms with Gasteiger partial charge in [0.25, 0.3) is 0 Å². The van der Waals surface area contributed by atoms with E-state index in [1.807, 2.05) is 60.6 Å². The van der Waals surface area contributed by atoms with Gasteiger partial charge in [0, 0.05) is 53.8 Å². The van der Waals surface area contributed by atoms with Crippen LogP contribution in [-0.2, 0) is 49.2 Å². The molecule has 78 heavy (non-hydrogen) atoms. The number of aromatic hydroxyl groups is 1. The van der Waals surface area contributed by atoms with Crippen LogP contribution >= 0.6 is 0 Å². The Hall–Kier alpha value is -1.95. The first-order valence-electron chi connectivity index (χ1n) is 30.3. The third-order valence-corrected chi connectivity index (χ3v) is 21.6. The standard InChI is InChI=1S/C42H70O11.C21H28O3.Na/c1-11-29(38(46)47)31-15-14-23(4)36(50-31)27(8)34(44)26(7)35(45)30(12-2)37-24(5)22-25(6)41(51-37)19-16-32(43)42(53-41)21-20-39(10,52-42)33-17-18-40(48,13-3)28(9)49-33;1-3-20(23)24-19-9-8-18-17-6-4-13-12-14(22)5-7-15(13)16(17)10-11-21(18,19)2;/h16,19,23-34,36-37,43-44,48H,11-15,17-18,20-22H2,1-10H3,(H,46,47);5,7,12,16-19,22H,3-4,6,8-11H2,1-2H3;/q;;+1/p-1. The number of ketones is 1. The summed E-state index contributed by atoms with van der Waals surface area (Å²) in [5.41, 5.74) is 1.32. The Balaban J connectivity index is 0.000000292. The largest absolute Gasteiger partial charge is 1.00 e. The SMILES string of the molecule is CCC(=O)OC1CCC2C3CCc4cc(O)ccc4C3CCC12C.CCC(C(=O)[O-])C1CCC(C)C(C(C)C(O)C(C)C(=O)C(CC)C2OC3(C=CC(O)C4(CCC(C)(C5CCC(O)(CC)C(C)O5)O4)O3)C(C)CC2C)O1.[Na+]. The number of carbonyl (C=O) groups is 3. The van der Waals surface area contributed by atoms with Gasteiger partial charge in [0.2, 0.25) is 5.79 Å². The number of carboxylic acids is 1. The number of rotatable bonds is 14. The monoisotopic (exact) mass is 1100 g/mol. The van der Waals surface area contributed by atoms with Gasteiger partial charge in [0.15, 0.2) is 5.79 Å². The van der Waals surface area contributed by atoms with Crippen molar-refractivity contribution in [2.75, 3.05) is 0 Å². The predicted octanol–water partition coefficient (Wildman–Crippen LogP) is 6.43. The zero-order valence-electron chi connectivity index (χ0n) is 49.7. The summed E-state index contributed by atoms with van der Waals surface area (Å²) in [6, 6.07) is 5.95. The average Bonchev–Trinajstić information content (AvgIpc) is 3.93. The minimum Gasteiger partial charge on any atom is -0.550 e.